The topological polar surface area (TPSA) is 78.1 Å². The van der Waals surface area contributed by atoms with E-state index in [2.05, 4.69) is 31.1 Å². The maximum absolute atomic E-state index is 12.0. The Morgan fingerprint density at radius 2 is 2.00 bits per heavy atom. The van der Waals surface area contributed by atoms with Gasteiger partial charge in [-0.25, -0.2) is 4.79 Å². The zero-order valence-corrected chi connectivity index (χ0v) is 15.6. The van der Waals surface area contributed by atoms with Gasteiger partial charge in [0.1, 0.15) is 11.3 Å². The lowest BCUT2D eigenvalue weighted by molar-refractivity contribution is 0.00691. The molecule has 2 aromatic heterocycles. The van der Waals surface area contributed by atoms with Crippen molar-refractivity contribution >= 4 is 21.9 Å². The maximum Gasteiger partial charge on any atom is 0.340 e. The molecule has 7 heteroatoms. The number of carbonyl (C=O) groups excluding carboxylic acids is 1. The quantitative estimate of drug-likeness (QED) is 0.600. The lowest BCUT2D eigenvalue weighted by Crippen LogP contribution is -2.23. The highest BCUT2D eigenvalue weighted by molar-refractivity contribution is 9.10. The minimum absolute atomic E-state index is 0.353. The van der Waals surface area contributed by atoms with E-state index in [9.17, 15) is 4.79 Å². The smallest absolute Gasteiger partial charge is 0.340 e. The standard InChI is InChI=1S/C18H16BrN3O3/c1-18(2,3)24-17(23)12-7-8-14(20-10-12)15-21-16(25-22-15)11-5-4-6-13(19)9-11/h4-10H,1-3H3. The molecule has 0 fully saturated rings. The second-order valence-corrected chi connectivity index (χ2v) is 7.28. The van der Waals surface area contributed by atoms with Gasteiger partial charge in [-0.2, -0.15) is 4.98 Å². The number of halogens is 1. The molecule has 1 aromatic carbocycles. The average Bonchev–Trinajstić information content (AvgIpc) is 3.03. The highest BCUT2D eigenvalue weighted by Gasteiger charge is 2.19. The van der Waals surface area contributed by atoms with Crippen molar-refractivity contribution < 1.29 is 14.1 Å². The summed E-state index contributed by atoms with van der Waals surface area (Å²) in [5.41, 5.74) is 1.13. The van der Waals surface area contributed by atoms with Gasteiger partial charge in [0.05, 0.1) is 5.56 Å². The number of pyridine rings is 1. The van der Waals surface area contributed by atoms with E-state index in [1.165, 1.54) is 6.20 Å². The molecule has 3 rings (SSSR count). The second kappa shape index (κ2) is 6.76. The molecule has 128 valence electrons. The van der Waals surface area contributed by atoms with Crippen molar-refractivity contribution in [1.29, 1.82) is 0 Å². The largest absolute Gasteiger partial charge is 0.456 e. The van der Waals surface area contributed by atoms with Crippen LogP contribution in [0.15, 0.2) is 51.6 Å². The first-order valence-electron chi connectivity index (χ1n) is 7.61. The Morgan fingerprint density at radius 1 is 1.20 bits per heavy atom. The van der Waals surface area contributed by atoms with E-state index in [0.717, 1.165) is 10.0 Å². The highest BCUT2D eigenvalue weighted by atomic mass is 79.9. The van der Waals surface area contributed by atoms with Crippen LogP contribution in [0, 0.1) is 0 Å². The first kappa shape index (κ1) is 17.3. The Hall–Kier alpha value is -2.54. The molecule has 2 heterocycles. The van der Waals surface area contributed by atoms with Gasteiger partial charge in [0, 0.05) is 16.2 Å². The first-order valence-corrected chi connectivity index (χ1v) is 8.40. The van der Waals surface area contributed by atoms with Crippen LogP contribution in [0.2, 0.25) is 0 Å². The van der Waals surface area contributed by atoms with Gasteiger partial charge >= 0.3 is 5.97 Å². The van der Waals surface area contributed by atoms with Crippen molar-refractivity contribution in [3.05, 3.63) is 52.6 Å². The van der Waals surface area contributed by atoms with E-state index < -0.39 is 11.6 Å². The molecule has 0 N–H and O–H groups in total. The van der Waals surface area contributed by atoms with Crippen LogP contribution in [-0.4, -0.2) is 26.7 Å². The number of hydrogen-bond acceptors (Lipinski definition) is 6. The predicted octanol–water partition coefficient (Wildman–Crippen LogP) is 4.52. The summed E-state index contributed by atoms with van der Waals surface area (Å²) in [6, 6.07) is 10.9. The number of hydrogen-bond donors (Lipinski definition) is 0. The van der Waals surface area contributed by atoms with E-state index in [1.54, 1.807) is 12.1 Å². The summed E-state index contributed by atoms with van der Waals surface area (Å²) >= 11 is 3.41. The molecular weight excluding hydrogens is 386 g/mol. The van der Waals surface area contributed by atoms with Gasteiger partial charge in [0.2, 0.25) is 5.82 Å². The number of ether oxygens (including phenoxy) is 1. The van der Waals surface area contributed by atoms with Gasteiger partial charge in [-0.3, -0.25) is 4.98 Å². The molecule has 0 saturated carbocycles. The first-order chi connectivity index (χ1) is 11.8. The molecule has 0 unspecified atom stereocenters. The Morgan fingerprint density at radius 3 is 2.64 bits per heavy atom. The predicted molar refractivity (Wildman–Crippen MR) is 95.8 cm³/mol. The summed E-state index contributed by atoms with van der Waals surface area (Å²) in [6.07, 6.45) is 1.44. The lowest BCUT2D eigenvalue weighted by atomic mass is 10.2. The van der Waals surface area contributed by atoms with Crippen molar-refractivity contribution in [1.82, 2.24) is 15.1 Å². The summed E-state index contributed by atoms with van der Waals surface area (Å²) < 4.78 is 11.5. The third-order valence-electron chi connectivity index (χ3n) is 3.12. The molecule has 0 spiro atoms. The molecule has 3 aromatic rings. The summed E-state index contributed by atoms with van der Waals surface area (Å²) in [7, 11) is 0. The molecule has 0 atom stereocenters. The van der Waals surface area contributed by atoms with Crippen molar-refractivity contribution in [2.24, 2.45) is 0 Å². The molecule has 0 aliphatic carbocycles. The lowest BCUT2D eigenvalue weighted by Gasteiger charge is -2.19. The Bertz CT molecular complexity index is 898. The summed E-state index contributed by atoms with van der Waals surface area (Å²) in [5.74, 6) is 0.328. The molecule has 6 nitrogen and oxygen atoms in total. The van der Waals surface area contributed by atoms with Gasteiger partial charge < -0.3 is 9.26 Å². The van der Waals surface area contributed by atoms with Crippen LogP contribution in [0.25, 0.3) is 23.0 Å². The highest BCUT2D eigenvalue weighted by Crippen LogP contribution is 2.24. The van der Waals surface area contributed by atoms with E-state index in [4.69, 9.17) is 9.26 Å². The van der Waals surface area contributed by atoms with Crippen LogP contribution in [0.1, 0.15) is 31.1 Å². The Balaban J connectivity index is 1.80. The fourth-order valence-electron chi connectivity index (χ4n) is 2.05. The average molecular weight is 402 g/mol. The second-order valence-electron chi connectivity index (χ2n) is 6.37. The number of benzene rings is 1. The molecule has 0 radical (unpaired) electrons. The van der Waals surface area contributed by atoms with Crippen LogP contribution >= 0.6 is 15.9 Å². The SMILES string of the molecule is CC(C)(C)OC(=O)c1ccc(-c2noc(-c3cccc(Br)c3)n2)nc1. The number of carbonyl (C=O) groups is 1. The fraction of sp³-hybridized carbons (Fsp3) is 0.222. The van der Waals surface area contributed by atoms with Crippen LogP contribution in [0.5, 0.6) is 0 Å². The third kappa shape index (κ3) is 4.30. The minimum Gasteiger partial charge on any atom is -0.456 e. The molecule has 25 heavy (non-hydrogen) atoms. The summed E-state index contributed by atoms with van der Waals surface area (Å²) in [5, 5.41) is 3.95. The van der Waals surface area contributed by atoms with E-state index >= 15 is 0 Å². The Kier molecular flexibility index (Phi) is 4.67. The molecule has 0 aliphatic heterocycles. The van der Waals surface area contributed by atoms with Crippen LogP contribution in [0.3, 0.4) is 0 Å². The van der Waals surface area contributed by atoms with Gasteiger partial charge in [0.25, 0.3) is 5.89 Å². The Labute approximate surface area is 153 Å². The van der Waals surface area contributed by atoms with Crippen molar-refractivity contribution in [3.63, 3.8) is 0 Å². The molecule has 0 bridgehead atoms. The van der Waals surface area contributed by atoms with Gasteiger partial charge in [0.15, 0.2) is 0 Å². The van der Waals surface area contributed by atoms with Gasteiger partial charge in [-0.05, 0) is 51.1 Å². The number of aromatic nitrogens is 3. The molecule has 0 aliphatic rings. The van der Waals surface area contributed by atoms with E-state index in [1.807, 2.05) is 45.0 Å². The van der Waals surface area contributed by atoms with E-state index in [-0.39, 0.29) is 0 Å². The van der Waals surface area contributed by atoms with Crippen LogP contribution in [-0.2, 0) is 4.74 Å². The number of rotatable bonds is 3. The normalized spacial score (nSPS) is 11.4. The zero-order chi connectivity index (χ0) is 18.0. The van der Waals surface area contributed by atoms with Crippen LogP contribution in [0.4, 0.5) is 0 Å². The zero-order valence-electron chi connectivity index (χ0n) is 14.0. The molecular formula is C18H16BrN3O3. The summed E-state index contributed by atoms with van der Waals surface area (Å²) in [4.78, 5) is 20.6. The van der Waals surface area contributed by atoms with Crippen molar-refractivity contribution in [2.75, 3.05) is 0 Å². The van der Waals surface area contributed by atoms with Gasteiger partial charge in [-0.15, -0.1) is 0 Å². The molecule has 0 amide bonds. The fourth-order valence-corrected chi connectivity index (χ4v) is 2.45. The van der Waals surface area contributed by atoms with Crippen molar-refractivity contribution in [2.45, 2.75) is 26.4 Å². The monoisotopic (exact) mass is 401 g/mol. The van der Waals surface area contributed by atoms with E-state index in [0.29, 0.717) is 23.0 Å². The number of nitrogens with zero attached hydrogens (tertiary/aromatic N) is 3. The third-order valence-corrected chi connectivity index (χ3v) is 3.62. The maximum atomic E-state index is 12.0. The minimum atomic E-state index is -0.553. The van der Waals surface area contributed by atoms with Crippen molar-refractivity contribution in [3.8, 4) is 23.0 Å². The van der Waals surface area contributed by atoms with Gasteiger partial charge in [-0.1, -0.05) is 27.2 Å². The molecule has 0 saturated heterocycles. The number of esters is 1. The summed E-state index contributed by atoms with van der Waals surface area (Å²) in [6.45, 7) is 5.44. The van der Waals surface area contributed by atoms with Crippen LogP contribution < -0.4 is 0 Å².